The molecule has 0 aromatic carbocycles. The predicted octanol–water partition coefficient (Wildman–Crippen LogP) is 2.08. The molecular formula is C6H6ClF3O3. The quantitative estimate of drug-likeness (QED) is 0.632. The Labute approximate surface area is 76.7 Å². The van der Waals surface area contributed by atoms with Gasteiger partial charge in [-0.2, -0.15) is 13.2 Å². The Bertz CT molecular complexity index is 210. The van der Waals surface area contributed by atoms with Gasteiger partial charge in [-0.05, 0) is 0 Å². The molecule has 13 heavy (non-hydrogen) atoms. The van der Waals surface area contributed by atoms with Gasteiger partial charge in [0.25, 0.3) is 0 Å². The van der Waals surface area contributed by atoms with Gasteiger partial charge in [-0.25, -0.2) is 4.79 Å². The highest BCUT2D eigenvalue weighted by molar-refractivity contribution is 6.61. The summed E-state index contributed by atoms with van der Waals surface area (Å²) in [6.45, 7) is -0.779. The van der Waals surface area contributed by atoms with E-state index in [1.54, 1.807) is 0 Å². The maximum Gasteiger partial charge on any atom is 0.430 e. The number of halogens is 4. The van der Waals surface area contributed by atoms with Gasteiger partial charge in [0.1, 0.15) is 0 Å². The molecule has 3 nitrogen and oxygen atoms in total. The highest BCUT2D eigenvalue weighted by atomic mass is 35.5. The van der Waals surface area contributed by atoms with Crippen LogP contribution >= 0.6 is 11.6 Å². The summed E-state index contributed by atoms with van der Waals surface area (Å²) < 4.78 is 45.7. The third-order valence-electron chi connectivity index (χ3n) is 1.78. The van der Waals surface area contributed by atoms with Crippen LogP contribution in [0.15, 0.2) is 0 Å². The number of hydrogen-bond acceptors (Lipinski definition) is 3. The zero-order valence-electron chi connectivity index (χ0n) is 6.36. The average molecular weight is 219 g/mol. The summed E-state index contributed by atoms with van der Waals surface area (Å²) in [4.78, 5) is 10.2. The molecule has 0 saturated carbocycles. The summed E-state index contributed by atoms with van der Waals surface area (Å²) in [7, 11) is 0. The van der Waals surface area contributed by atoms with E-state index in [0.717, 1.165) is 0 Å². The molecule has 1 aliphatic heterocycles. The maximum atomic E-state index is 12.4. The van der Waals surface area contributed by atoms with Gasteiger partial charge in [0.2, 0.25) is 5.60 Å². The Hall–Kier alpha value is -0.490. The summed E-state index contributed by atoms with van der Waals surface area (Å²) in [5, 5.41) is 0. The van der Waals surface area contributed by atoms with E-state index in [0.29, 0.717) is 0 Å². The molecular weight excluding hydrogens is 213 g/mol. The van der Waals surface area contributed by atoms with Gasteiger partial charge in [0.15, 0.2) is 0 Å². The third kappa shape index (κ3) is 2.05. The lowest BCUT2D eigenvalue weighted by molar-refractivity contribution is -0.253. The van der Waals surface area contributed by atoms with E-state index in [9.17, 15) is 18.0 Å². The van der Waals surface area contributed by atoms with E-state index < -0.39 is 30.2 Å². The first kappa shape index (κ1) is 10.6. The SMILES string of the molecule is O=C(Cl)OC1(C(F)(F)F)CCOC1. The fourth-order valence-corrected chi connectivity index (χ4v) is 1.21. The number of alkyl halides is 3. The number of rotatable bonds is 1. The Kier molecular flexibility index (Phi) is 2.72. The third-order valence-corrected chi connectivity index (χ3v) is 1.85. The van der Waals surface area contributed by atoms with E-state index in [1.165, 1.54) is 0 Å². The highest BCUT2D eigenvalue weighted by Gasteiger charge is 2.60. The number of ether oxygens (including phenoxy) is 2. The van der Waals surface area contributed by atoms with Gasteiger partial charge < -0.3 is 9.47 Å². The number of carbonyl (C=O) groups is 1. The Morgan fingerprint density at radius 1 is 1.54 bits per heavy atom. The zero-order valence-corrected chi connectivity index (χ0v) is 7.11. The predicted molar refractivity (Wildman–Crippen MR) is 36.6 cm³/mol. The average Bonchev–Trinajstić information content (AvgIpc) is 2.33. The molecule has 0 N–H and O–H groups in total. The summed E-state index contributed by atoms with van der Waals surface area (Å²) in [5.41, 5.74) is -4.02. The van der Waals surface area contributed by atoms with Crippen LogP contribution in [0.1, 0.15) is 6.42 Å². The molecule has 0 aliphatic carbocycles. The van der Waals surface area contributed by atoms with Gasteiger partial charge in [0.05, 0.1) is 13.2 Å². The van der Waals surface area contributed by atoms with Crippen molar-refractivity contribution in [2.24, 2.45) is 0 Å². The van der Waals surface area contributed by atoms with Crippen molar-refractivity contribution >= 4 is 17.0 Å². The molecule has 7 heteroatoms. The number of hydrogen-bond donors (Lipinski definition) is 0. The van der Waals surface area contributed by atoms with Crippen LogP contribution in [0.3, 0.4) is 0 Å². The second-order valence-electron chi connectivity index (χ2n) is 2.63. The first-order valence-corrected chi connectivity index (χ1v) is 3.78. The summed E-state index contributed by atoms with van der Waals surface area (Å²) in [6, 6.07) is 0. The molecule has 1 atom stereocenters. The molecule has 0 aromatic rings. The summed E-state index contributed by atoms with van der Waals surface area (Å²) >= 11 is 4.74. The van der Waals surface area contributed by atoms with Gasteiger partial charge in [-0.15, -0.1) is 0 Å². The minimum absolute atomic E-state index is 0.0936. The van der Waals surface area contributed by atoms with Crippen LogP contribution in [-0.2, 0) is 9.47 Å². The normalized spacial score (nSPS) is 28.9. The van der Waals surface area contributed by atoms with Gasteiger partial charge in [-0.3, -0.25) is 0 Å². The zero-order chi connectivity index (χ0) is 10.1. The van der Waals surface area contributed by atoms with E-state index in [-0.39, 0.29) is 6.61 Å². The van der Waals surface area contributed by atoms with Crippen LogP contribution < -0.4 is 0 Å². The van der Waals surface area contributed by atoms with Crippen LogP contribution in [-0.4, -0.2) is 30.4 Å². The molecule has 0 aromatic heterocycles. The van der Waals surface area contributed by atoms with Gasteiger partial charge >= 0.3 is 11.6 Å². The molecule has 0 bridgehead atoms. The lowest BCUT2D eigenvalue weighted by atomic mass is 10.0. The van der Waals surface area contributed by atoms with Crippen LogP contribution in [0.5, 0.6) is 0 Å². The monoisotopic (exact) mass is 218 g/mol. The van der Waals surface area contributed by atoms with Crippen molar-refractivity contribution in [3.05, 3.63) is 0 Å². The maximum absolute atomic E-state index is 12.4. The van der Waals surface area contributed by atoms with Crippen molar-refractivity contribution in [3.63, 3.8) is 0 Å². The van der Waals surface area contributed by atoms with Crippen LogP contribution in [0.2, 0.25) is 0 Å². The second-order valence-corrected chi connectivity index (χ2v) is 2.94. The molecule has 1 fully saturated rings. The largest absolute Gasteiger partial charge is 0.435 e. The van der Waals surface area contributed by atoms with E-state index in [4.69, 9.17) is 11.6 Å². The summed E-state index contributed by atoms with van der Waals surface area (Å²) in [5.74, 6) is 0. The first-order chi connectivity index (χ1) is 5.87. The van der Waals surface area contributed by atoms with Crippen molar-refractivity contribution in [3.8, 4) is 0 Å². The van der Waals surface area contributed by atoms with Gasteiger partial charge in [-0.1, -0.05) is 0 Å². The lowest BCUT2D eigenvalue weighted by Crippen LogP contribution is -2.48. The molecule has 0 spiro atoms. The van der Waals surface area contributed by atoms with Crippen LogP contribution in [0.25, 0.3) is 0 Å². The van der Waals surface area contributed by atoms with Crippen molar-refractivity contribution in [2.45, 2.75) is 18.2 Å². The molecule has 1 rings (SSSR count). The minimum atomic E-state index is -4.64. The van der Waals surface area contributed by atoms with E-state index in [2.05, 4.69) is 9.47 Å². The van der Waals surface area contributed by atoms with Crippen molar-refractivity contribution < 1.29 is 27.4 Å². The molecule has 1 heterocycles. The smallest absolute Gasteiger partial charge is 0.430 e. The molecule has 0 radical (unpaired) electrons. The standard InChI is InChI=1S/C6H6ClF3O3/c7-4(11)13-5(6(8,9)10)1-2-12-3-5/h1-3H2. The van der Waals surface area contributed by atoms with Crippen LogP contribution in [0, 0.1) is 0 Å². The molecule has 1 aliphatic rings. The molecule has 1 saturated heterocycles. The van der Waals surface area contributed by atoms with E-state index >= 15 is 0 Å². The van der Waals surface area contributed by atoms with Crippen molar-refractivity contribution in [2.75, 3.05) is 13.2 Å². The molecule has 0 amide bonds. The fourth-order valence-electron chi connectivity index (χ4n) is 1.06. The number of carbonyl (C=O) groups excluding carboxylic acids is 1. The lowest BCUT2D eigenvalue weighted by Gasteiger charge is -2.28. The van der Waals surface area contributed by atoms with E-state index in [1.807, 2.05) is 0 Å². The van der Waals surface area contributed by atoms with Gasteiger partial charge in [0, 0.05) is 18.0 Å². The Morgan fingerprint density at radius 3 is 2.46 bits per heavy atom. The Balaban J connectivity index is 2.81. The topological polar surface area (TPSA) is 35.5 Å². The molecule has 1 unspecified atom stereocenters. The first-order valence-electron chi connectivity index (χ1n) is 3.40. The minimum Gasteiger partial charge on any atom is -0.435 e. The summed E-state index contributed by atoms with van der Waals surface area (Å²) in [6.07, 6.45) is -5.05. The Morgan fingerprint density at radius 2 is 2.15 bits per heavy atom. The highest BCUT2D eigenvalue weighted by Crippen LogP contribution is 2.40. The van der Waals surface area contributed by atoms with Crippen molar-refractivity contribution in [1.82, 2.24) is 0 Å². The van der Waals surface area contributed by atoms with Crippen molar-refractivity contribution in [1.29, 1.82) is 0 Å². The molecule has 76 valence electrons. The fraction of sp³-hybridized carbons (Fsp3) is 0.833. The van der Waals surface area contributed by atoms with Crippen LogP contribution in [0.4, 0.5) is 18.0 Å². The second kappa shape index (κ2) is 3.34.